The normalized spacial score (nSPS) is 25.4. The number of hydrogen-bond donors (Lipinski definition) is 2. The maximum Gasteiger partial charge on any atom is 0.315 e. The van der Waals surface area contributed by atoms with Gasteiger partial charge >= 0.3 is 6.03 Å². The molecule has 0 heterocycles. The number of nitrogens with one attached hydrogen (secondary N) is 2. The van der Waals surface area contributed by atoms with Crippen molar-refractivity contribution in [3.05, 3.63) is 34.9 Å². The van der Waals surface area contributed by atoms with E-state index in [2.05, 4.69) is 24.5 Å². The highest BCUT2D eigenvalue weighted by Crippen LogP contribution is 2.32. The predicted molar refractivity (Wildman–Crippen MR) is 87.4 cm³/mol. The molecule has 2 rings (SSSR count). The van der Waals surface area contributed by atoms with E-state index in [0.717, 1.165) is 23.9 Å². The highest BCUT2D eigenvalue weighted by Gasteiger charge is 2.23. The van der Waals surface area contributed by atoms with Gasteiger partial charge in [0.05, 0.1) is 0 Å². The van der Waals surface area contributed by atoms with E-state index in [0.29, 0.717) is 17.5 Å². The van der Waals surface area contributed by atoms with Crippen LogP contribution in [0.4, 0.5) is 4.79 Å². The number of carbonyl (C=O) groups is 1. The second kappa shape index (κ2) is 7.69. The smallest absolute Gasteiger partial charge is 0.315 e. The molecular formula is C17H25ClN2O. The summed E-state index contributed by atoms with van der Waals surface area (Å²) in [6, 6.07) is 7.45. The van der Waals surface area contributed by atoms with Crippen molar-refractivity contribution < 1.29 is 4.79 Å². The summed E-state index contributed by atoms with van der Waals surface area (Å²) in [7, 11) is 0. The van der Waals surface area contributed by atoms with Crippen molar-refractivity contribution in [2.24, 2.45) is 17.8 Å². The summed E-state index contributed by atoms with van der Waals surface area (Å²) in [6.45, 7) is 5.89. The molecule has 0 bridgehead atoms. The third kappa shape index (κ3) is 5.58. The first-order valence-electron chi connectivity index (χ1n) is 7.79. The summed E-state index contributed by atoms with van der Waals surface area (Å²) in [6.07, 6.45) is 3.76. The van der Waals surface area contributed by atoms with Gasteiger partial charge in [-0.15, -0.1) is 0 Å². The Kier molecular flexibility index (Phi) is 5.92. The Bertz CT molecular complexity index is 468. The van der Waals surface area contributed by atoms with Crippen molar-refractivity contribution in [2.75, 3.05) is 6.54 Å². The molecule has 2 N–H and O–H groups in total. The Hall–Kier alpha value is -1.22. The topological polar surface area (TPSA) is 41.1 Å². The number of carbonyl (C=O) groups excluding carboxylic acids is 1. The summed E-state index contributed by atoms with van der Waals surface area (Å²) in [4.78, 5) is 11.9. The SMILES string of the molecule is CC1CC(C)CC(CNC(=O)NCc2cccc(Cl)c2)C1. The molecule has 116 valence electrons. The van der Waals surface area contributed by atoms with Crippen LogP contribution in [-0.4, -0.2) is 12.6 Å². The minimum Gasteiger partial charge on any atom is -0.338 e. The molecule has 1 aromatic carbocycles. The molecule has 1 saturated carbocycles. The van der Waals surface area contributed by atoms with Gasteiger partial charge in [0, 0.05) is 18.1 Å². The van der Waals surface area contributed by atoms with Crippen LogP contribution < -0.4 is 10.6 Å². The second-order valence-corrected chi connectivity index (χ2v) is 6.91. The number of hydrogen-bond acceptors (Lipinski definition) is 1. The number of benzene rings is 1. The van der Waals surface area contributed by atoms with E-state index in [1.807, 2.05) is 24.3 Å². The lowest BCUT2D eigenvalue weighted by molar-refractivity contribution is 0.207. The van der Waals surface area contributed by atoms with Gasteiger partial charge in [0.15, 0.2) is 0 Å². The number of amides is 2. The molecule has 0 aliphatic heterocycles. The molecule has 2 unspecified atom stereocenters. The van der Waals surface area contributed by atoms with E-state index in [9.17, 15) is 4.79 Å². The van der Waals surface area contributed by atoms with Crippen molar-refractivity contribution >= 4 is 17.6 Å². The highest BCUT2D eigenvalue weighted by atomic mass is 35.5. The minimum atomic E-state index is -0.0964. The summed E-state index contributed by atoms with van der Waals surface area (Å²) >= 11 is 5.92. The Morgan fingerprint density at radius 2 is 1.90 bits per heavy atom. The summed E-state index contributed by atoms with van der Waals surface area (Å²) in [5.41, 5.74) is 1.01. The first-order valence-corrected chi connectivity index (χ1v) is 8.17. The maximum atomic E-state index is 11.9. The van der Waals surface area contributed by atoms with Crippen LogP contribution in [0.3, 0.4) is 0 Å². The third-order valence-corrected chi connectivity index (χ3v) is 4.40. The highest BCUT2D eigenvalue weighted by molar-refractivity contribution is 6.30. The molecule has 0 spiro atoms. The molecule has 2 amide bonds. The van der Waals surface area contributed by atoms with Gasteiger partial charge in [-0.1, -0.05) is 37.6 Å². The summed E-state index contributed by atoms with van der Waals surface area (Å²) in [5.74, 6) is 2.16. The van der Waals surface area contributed by atoms with Crippen LogP contribution in [0.2, 0.25) is 5.02 Å². The van der Waals surface area contributed by atoms with E-state index >= 15 is 0 Å². The molecule has 0 aromatic heterocycles. The molecule has 4 heteroatoms. The van der Waals surface area contributed by atoms with E-state index < -0.39 is 0 Å². The molecule has 0 radical (unpaired) electrons. The largest absolute Gasteiger partial charge is 0.338 e. The zero-order valence-corrected chi connectivity index (χ0v) is 13.6. The van der Waals surface area contributed by atoms with Gasteiger partial charge in [-0.2, -0.15) is 0 Å². The lowest BCUT2D eigenvalue weighted by Crippen LogP contribution is -2.39. The van der Waals surface area contributed by atoms with Gasteiger partial charge in [0.25, 0.3) is 0 Å². The molecule has 1 aliphatic rings. The van der Waals surface area contributed by atoms with Crippen molar-refractivity contribution in [2.45, 2.75) is 39.7 Å². The minimum absolute atomic E-state index is 0.0964. The molecular weight excluding hydrogens is 284 g/mol. The molecule has 1 fully saturated rings. The fourth-order valence-electron chi connectivity index (χ4n) is 3.41. The zero-order chi connectivity index (χ0) is 15.2. The molecule has 1 aliphatic carbocycles. The lowest BCUT2D eigenvalue weighted by atomic mass is 9.77. The first kappa shape index (κ1) is 16.2. The van der Waals surface area contributed by atoms with E-state index in [4.69, 9.17) is 11.6 Å². The van der Waals surface area contributed by atoms with E-state index in [1.54, 1.807) is 0 Å². The van der Waals surface area contributed by atoms with Crippen LogP contribution in [0.25, 0.3) is 0 Å². The fraction of sp³-hybridized carbons (Fsp3) is 0.588. The zero-order valence-electron chi connectivity index (χ0n) is 12.9. The van der Waals surface area contributed by atoms with Gasteiger partial charge in [0.1, 0.15) is 0 Å². The maximum absolute atomic E-state index is 11.9. The van der Waals surface area contributed by atoms with E-state index in [-0.39, 0.29) is 6.03 Å². The number of rotatable bonds is 4. The predicted octanol–water partition coefficient (Wildman–Crippen LogP) is 4.21. The standard InChI is InChI=1S/C17H25ClN2O/c1-12-6-13(2)8-15(7-12)11-20-17(21)19-10-14-4-3-5-16(18)9-14/h3-5,9,12-13,15H,6-8,10-11H2,1-2H3,(H2,19,20,21). The van der Waals surface area contributed by atoms with Crippen LogP contribution in [-0.2, 0) is 6.54 Å². The van der Waals surface area contributed by atoms with Crippen molar-refractivity contribution in [1.29, 1.82) is 0 Å². The van der Waals surface area contributed by atoms with Crippen LogP contribution in [0, 0.1) is 17.8 Å². The Labute approximate surface area is 132 Å². The van der Waals surface area contributed by atoms with Crippen molar-refractivity contribution in [3.63, 3.8) is 0 Å². The monoisotopic (exact) mass is 308 g/mol. The van der Waals surface area contributed by atoms with Crippen LogP contribution in [0.1, 0.15) is 38.7 Å². The average molecular weight is 309 g/mol. The van der Waals surface area contributed by atoms with Gasteiger partial charge in [-0.05, 0) is 54.7 Å². The molecule has 0 saturated heterocycles. The van der Waals surface area contributed by atoms with Crippen LogP contribution in [0.15, 0.2) is 24.3 Å². The van der Waals surface area contributed by atoms with Crippen LogP contribution in [0.5, 0.6) is 0 Å². The van der Waals surface area contributed by atoms with Crippen LogP contribution >= 0.6 is 11.6 Å². The molecule has 2 atom stereocenters. The first-order chi connectivity index (χ1) is 10.0. The Morgan fingerprint density at radius 3 is 2.57 bits per heavy atom. The Balaban J connectivity index is 1.70. The third-order valence-electron chi connectivity index (χ3n) is 4.17. The van der Waals surface area contributed by atoms with Gasteiger partial charge in [-0.25, -0.2) is 4.79 Å². The number of urea groups is 1. The molecule has 21 heavy (non-hydrogen) atoms. The summed E-state index contributed by atoms with van der Waals surface area (Å²) in [5, 5.41) is 6.57. The van der Waals surface area contributed by atoms with Gasteiger partial charge in [-0.3, -0.25) is 0 Å². The molecule has 1 aromatic rings. The fourth-order valence-corrected chi connectivity index (χ4v) is 3.62. The molecule has 3 nitrogen and oxygen atoms in total. The Morgan fingerprint density at radius 1 is 1.19 bits per heavy atom. The average Bonchev–Trinajstić information content (AvgIpc) is 2.42. The van der Waals surface area contributed by atoms with Gasteiger partial charge < -0.3 is 10.6 Å². The quantitative estimate of drug-likeness (QED) is 0.859. The van der Waals surface area contributed by atoms with Crippen molar-refractivity contribution in [3.8, 4) is 0 Å². The van der Waals surface area contributed by atoms with Gasteiger partial charge in [0.2, 0.25) is 0 Å². The van der Waals surface area contributed by atoms with E-state index in [1.165, 1.54) is 19.3 Å². The lowest BCUT2D eigenvalue weighted by Gasteiger charge is -2.31. The number of halogens is 1. The second-order valence-electron chi connectivity index (χ2n) is 6.48. The summed E-state index contributed by atoms with van der Waals surface area (Å²) < 4.78 is 0. The van der Waals surface area contributed by atoms with Crippen molar-refractivity contribution in [1.82, 2.24) is 10.6 Å².